The molecule has 1 saturated carbocycles. The Bertz CT molecular complexity index is 1310. The van der Waals surface area contributed by atoms with Crippen LogP contribution in [0.2, 0.25) is 0 Å². The Morgan fingerprint density at radius 2 is 1.85 bits per heavy atom. The number of nitro benzene ring substituents is 1. The molecule has 11 heteroatoms. The van der Waals surface area contributed by atoms with Gasteiger partial charge in [-0.2, -0.15) is 0 Å². The number of rotatable bonds is 9. The summed E-state index contributed by atoms with van der Waals surface area (Å²) in [5.41, 5.74) is 7.56. The molecule has 5 rings (SSSR count). The number of nitrogens with two attached hydrogens (primary N) is 1. The Hall–Kier alpha value is -3.67. The summed E-state index contributed by atoms with van der Waals surface area (Å²) in [6.07, 6.45) is 7.79. The Balaban J connectivity index is 1.38. The number of aromatic nitrogens is 1. The molecule has 2 aliphatic rings. The minimum atomic E-state index is -0.625. The van der Waals surface area contributed by atoms with E-state index in [1.807, 2.05) is 11.4 Å². The topological polar surface area (TPSA) is 135 Å². The number of carbonyl (C=O) groups is 2. The molecule has 3 aromatic rings. The second-order valence-corrected chi connectivity index (χ2v) is 12.0. The van der Waals surface area contributed by atoms with E-state index in [0.717, 1.165) is 31.2 Å². The molecule has 1 saturated heterocycles. The van der Waals surface area contributed by atoms with Crippen LogP contribution in [0.5, 0.6) is 0 Å². The predicted molar refractivity (Wildman–Crippen MR) is 157 cm³/mol. The van der Waals surface area contributed by atoms with Crippen LogP contribution in [0.4, 0.5) is 5.69 Å². The quantitative estimate of drug-likeness (QED) is 0.289. The van der Waals surface area contributed by atoms with Crippen molar-refractivity contribution in [3.8, 4) is 0 Å². The van der Waals surface area contributed by atoms with Gasteiger partial charge in [0.05, 0.1) is 10.5 Å². The number of nitro groups is 1. The fourth-order valence-electron chi connectivity index (χ4n) is 5.86. The first kappa shape index (κ1) is 28.8. The van der Waals surface area contributed by atoms with Crippen LogP contribution in [-0.4, -0.2) is 62.2 Å². The summed E-state index contributed by atoms with van der Waals surface area (Å²) in [7, 11) is 0. The number of non-ortho nitro benzene ring substituents is 1. The second kappa shape index (κ2) is 13.3. The van der Waals surface area contributed by atoms with Gasteiger partial charge in [0.25, 0.3) is 11.6 Å². The zero-order chi connectivity index (χ0) is 28.8. The van der Waals surface area contributed by atoms with Gasteiger partial charge in [0, 0.05) is 67.2 Å². The molecule has 10 nitrogen and oxygen atoms in total. The molecular weight excluding hydrogens is 540 g/mol. The number of carbonyl (C=O) groups excluding carboxylic acids is 2. The van der Waals surface area contributed by atoms with Crippen molar-refractivity contribution in [2.45, 2.75) is 75.8 Å². The molecule has 0 spiro atoms. The summed E-state index contributed by atoms with van der Waals surface area (Å²) in [4.78, 5) is 47.5. The van der Waals surface area contributed by atoms with E-state index in [2.05, 4.69) is 21.3 Å². The summed E-state index contributed by atoms with van der Waals surface area (Å²) in [6.45, 7) is 1.70. The van der Waals surface area contributed by atoms with Gasteiger partial charge in [0.2, 0.25) is 5.91 Å². The lowest BCUT2D eigenvalue weighted by molar-refractivity contribution is -0.384. The summed E-state index contributed by atoms with van der Waals surface area (Å²) < 4.78 is 0. The lowest BCUT2D eigenvalue weighted by atomic mass is 9.90. The van der Waals surface area contributed by atoms with Gasteiger partial charge in [-0.25, -0.2) is 0 Å². The van der Waals surface area contributed by atoms with E-state index in [-0.39, 0.29) is 35.6 Å². The van der Waals surface area contributed by atoms with Crippen molar-refractivity contribution in [1.29, 1.82) is 0 Å². The van der Waals surface area contributed by atoms with Gasteiger partial charge in [0.1, 0.15) is 6.04 Å². The van der Waals surface area contributed by atoms with Crippen molar-refractivity contribution in [1.82, 2.24) is 20.1 Å². The van der Waals surface area contributed by atoms with Crippen molar-refractivity contribution in [3.05, 3.63) is 92.4 Å². The largest absolute Gasteiger partial charge is 0.352 e. The van der Waals surface area contributed by atoms with Gasteiger partial charge in [-0.3, -0.25) is 29.6 Å². The third-order valence-electron chi connectivity index (χ3n) is 8.15. The fraction of sp³-hybridized carbons (Fsp3) is 0.433. The van der Waals surface area contributed by atoms with Gasteiger partial charge >= 0.3 is 0 Å². The molecular formula is C30H36N6O4S. The minimum absolute atomic E-state index is 0.0285. The van der Waals surface area contributed by atoms with Crippen molar-refractivity contribution >= 4 is 28.8 Å². The Morgan fingerprint density at radius 3 is 2.51 bits per heavy atom. The first-order chi connectivity index (χ1) is 19.9. The van der Waals surface area contributed by atoms with Gasteiger partial charge in [-0.15, -0.1) is 11.3 Å². The SMILES string of the molecule is NC1CCC(NC(=O)[C@H]2CC(N(Cc3ccc([N+](=O)[O-])cc3)Cc3cccs3)CCN2C(=O)c2cccnc2)CC1. The molecule has 216 valence electrons. The van der Waals surface area contributed by atoms with Crippen molar-refractivity contribution in [2.75, 3.05) is 6.54 Å². The zero-order valence-corrected chi connectivity index (χ0v) is 23.7. The number of likely N-dealkylation sites (tertiary alicyclic amines) is 1. The van der Waals surface area contributed by atoms with Crippen LogP contribution in [-0.2, 0) is 17.9 Å². The Kier molecular flexibility index (Phi) is 9.38. The van der Waals surface area contributed by atoms with E-state index in [0.29, 0.717) is 38.0 Å². The number of thiophene rings is 1. The van der Waals surface area contributed by atoms with Crippen LogP contribution in [0.15, 0.2) is 66.3 Å². The minimum Gasteiger partial charge on any atom is -0.352 e. The van der Waals surface area contributed by atoms with E-state index < -0.39 is 11.0 Å². The molecule has 0 bridgehead atoms. The number of hydrogen-bond donors (Lipinski definition) is 2. The van der Waals surface area contributed by atoms with Gasteiger partial charge < -0.3 is 16.0 Å². The predicted octanol–water partition coefficient (Wildman–Crippen LogP) is 4.11. The number of nitrogens with zero attached hydrogens (tertiary/aromatic N) is 4. The molecule has 2 aromatic heterocycles. The molecule has 1 aliphatic heterocycles. The molecule has 1 aliphatic carbocycles. The van der Waals surface area contributed by atoms with E-state index in [9.17, 15) is 19.7 Å². The van der Waals surface area contributed by atoms with Gasteiger partial charge in [0.15, 0.2) is 0 Å². The number of benzene rings is 1. The lowest BCUT2D eigenvalue weighted by Crippen LogP contribution is -2.58. The van der Waals surface area contributed by atoms with Crippen LogP contribution in [0.25, 0.3) is 0 Å². The monoisotopic (exact) mass is 576 g/mol. The lowest BCUT2D eigenvalue weighted by Gasteiger charge is -2.43. The molecule has 0 radical (unpaired) electrons. The number of piperidine rings is 1. The van der Waals surface area contributed by atoms with Crippen molar-refractivity contribution in [3.63, 3.8) is 0 Å². The summed E-state index contributed by atoms with van der Waals surface area (Å²) in [6, 6.07) is 13.8. The highest BCUT2D eigenvalue weighted by molar-refractivity contribution is 7.09. The molecule has 2 atom stereocenters. The van der Waals surface area contributed by atoms with E-state index in [1.54, 1.807) is 52.9 Å². The molecule has 3 N–H and O–H groups in total. The first-order valence-corrected chi connectivity index (χ1v) is 15.0. The Labute approximate surface area is 243 Å². The highest BCUT2D eigenvalue weighted by Crippen LogP contribution is 2.29. The summed E-state index contributed by atoms with van der Waals surface area (Å²) in [5, 5.41) is 16.4. The van der Waals surface area contributed by atoms with E-state index >= 15 is 0 Å². The number of nitrogens with one attached hydrogen (secondary N) is 1. The second-order valence-electron chi connectivity index (χ2n) is 11.0. The maximum atomic E-state index is 13.8. The number of hydrogen-bond acceptors (Lipinski definition) is 8. The van der Waals surface area contributed by atoms with Crippen LogP contribution in [0.1, 0.15) is 59.3 Å². The fourth-order valence-corrected chi connectivity index (χ4v) is 6.59. The highest BCUT2D eigenvalue weighted by Gasteiger charge is 2.39. The molecule has 41 heavy (non-hydrogen) atoms. The number of pyridine rings is 1. The van der Waals surface area contributed by atoms with Crippen LogP contribution >= 0.6 is 11.3 Å². The average Bonchev–Trinajstić information content (AvgIpc) is 3.51. The van der Waals surface area contributed by atoms with Crippen molar-refractivity contribution in [2.24, 2.45) is 5.73 Å². The molecule has 3 heterocycles. The van der Waals surface area contributed by atoms with Crippen LogP contribution in [0.3, 0.4) is 0 Å². The summed E-state index contributed by atoms with van der Waals surface area (Å²) in [5.74, 6) is -0.318. The first-order valence-electron chi connectivity index (χ1n) is 14.1. The molecule has 2 amide bonds. The maximum Gasteiger partial charge on any atom is 0.269 e. The molecule has 1 unspecified atom stereocenters. The molecule has 2 fully saturated rings. The standard InChI is InChI=1S/C30H36N6O4S/c31-23-7-9-24(10-8-23)33-29(37)28-17-26(13-15-35(28)30(38)22-3-1-14-32-18-22)34(20-27-4-2-16-41-27)19-21-5-11-25(12-6-21)36(39)40/h1-6,11-12,14,16,18,23-24,26,28H,7-10,13,15,17,19-20,31H2,(H,33,37)/t23?,24?,26?,28-/m1/s1. The van der Waals surface area contributed by atoms with Crippen molar-refractivity contribution < 1.29 is 14.5 Å². The van der Waals surface area contributed by atoms with Gasteiger partial charge in [-0.05, 0) is 67.7 Å². The normalized spacial score (nSPS) is 22.8. The third-order valence-corrected chi connectivity index (χ3v) is 9.01. The Morgan fingerprint density at radius 1 is 1.07 bits per heavy atom. The summed E-state index contributed by atoms with van der Waals surface area (Å²) >= 11 is 1.67. The third kappa shape index (κ3) is 7.35. The maximum absolute atomic E-state index is 13.8. The van der Waals surface area contributed by atoms with E-state index in [1.165, 1.54) is 17.0 Å². The highest BCUT2D eigenvalue weighted by atomic mass is 32.1. The van der Waals surface area contributed by atoms with Crippen LogP contribution in [0, 0.1) is 10.1 Å². The molecule has 1 aromatic carbocycles. The van der Waals surface area contributed by atoms with E-state index in [4.69, 9.17) is 5.73 Å². The van der Waals surface area contributed by atoms with Crippen LogP contribution < -0.4 is 11.1 Å². The average molecular weight is 577 g/mol. The smallest absolute Gasteiger partial charge is 0.269 e. The zero-order valence-electron chi connectivity index (χ0n) is 22.9. The van der Waals surface area contributed by atoms with Gasteiger partial charge in [-0.1, -0.05) is 18.2 Å². The number of amides is 2.